The fraction of sp³-hybridized carbons (Fsp3) is 0.250. The first kappa shape index (κ1) is 16.6. The number of benzene rings is 1. The van der Waals surface area contributed by atoms with Gasteiger partial charge in [-0.3, -0.25) is 0 Å². The van der Waals surface area contributed by atoms with Crippen LogP contribution in [0, 0.1) is 11.3 Å². The molecular weight excluding hydrogens is 320 g/mol. The number of thioether (sulfide) groups is 1. The Kier molecular flexibility index (Phi) is 6.53. The maximum atomic E-state index is 9.92. The molecule has 0 amide bonds. The van der Waals surface area contributed by atoms with Crippen molar-refractivity contribution in [3.63, 3.8) is 0 Å². The molecule has 4 nitrogen and oxygen atoms in total. The van der Waals surface area contributed by atoms with Gasteiger partial charge in [-0.2, -0.15) is 5.26 Å². The maximum Gasteiger partial charge on any atom is 0.119 e. The van der Waals surface area contributed by atoms with Gasteiger partial charge in [0.25, 0.3) is 0 Å². The molecule has 0 spiro atoms. The second-order valence-corrected chi connectivity index (χ2v) is 6.05. The lowest BCUT2D eigenvalue weighted by molar-refractivity contribution is 0.126. The Balaban J connectivity index is 1.74. The van der Waals surface area contributed by atoms with E-state index in [1.807, 2.05) is 18.2 Å². The predicted molar refractivity (Wildman–Crippen MR) is 87.2 cm³/mol. The van der Waals surface area contributed by atoms with Crippen molar-refractivity contribution in [1.82, 2.24) is 4.98 Å². The Morgan fingerprint density at radius 3 is 2.68 bits per heavy atom. The third-order valence-corrected chi connectivity index (χ3v) is 4.09. The molecule has 114 valence electrons. The smallest absolute Gasteiger partial charge is 0.119 e. The number of rotatable bonds is 7. The summed E-state index contributed by atoms with van der Waals surface area (Å²) in [6.07, 6.45) is 1.37. The van der Waals surface area contributed by atoms with Crippen LogP contribution in [0.25, 0.3) is 0 Å². The molecule has 1 N–H and O–H groups in total. The van der Waals surface area contributed by atoms with Gasteiger partial charge in [0.1, 0.15) is 12.4 Å². The molecular formula is C16H15ClN2O2S. The van der Waals surface area contributed by atoms with Crippen molar-refractivity contribution in [3.05, 3.63) is 53.2 Å². The summed E-state index contributed by atoms with van der Waals surface area (Å²) in [4.78, 5) is 4.15. The molecule has 0 radical (unpaired) electrons. The topological polar surface area (TPSA) is 66.1 Å². The first-order valence-electron chi connectivity index (χ1n) is 6.68. The highest BCUT2D eigenvalue weighted by Gasteiger charge is 2.07. The molecule has 1 aromatic carbocycles. The highest BCUT2D eigenvalue weighted by atomic mass is 35.5. The van der Waals surface area contributed by atoms with Crippen molar-refractivity contribution >= 4 is 23.4 Å². The molecule has 1 atom stereocenters. The summed E-state index contributed by atoms with van der Waals surface area (Å²) in [5.74, 6) is 1.16. The van der Waals surface area contributed by atoms with Crippen LogP contribution in [0.2, 0.25) is 5.02 Å². The van der Waals surface area contributed by atoms with E-state index in [9.17, 15) is 5.11 Å². The number of ether oxygens (including phenoxy) is 1. The average molecular weight is 335 g/mol. The van der Waals surface area contributed by atoms with Crippen LogP contribution >= 0.6 is 23.4 Å². The molecule has 1 unspecified atom stereocenters. The molecule has 0 fully saturated rings. The van der Waals surface area contributed by atoms with Gasteiger partial charge in [0.05, 0.1) is 28.6 Å². The molecule has 1 heterocycles. The van der Waals surface area contributed by atoms with Crippen molar-refractivity contribution in [2.45, 2.75) is 17.6 Å². The zero-order valence-corrected chi connectivity index (χ0v) is 13.3. The minimum absolute atomic E-state index is 0.207. The lowest BCUT2D eigenvalue weighted by atomic mass is 10.2. The van der Waals surface area contributed by atoms with E-state index in [0.717, 1.165) is 10.6 Å². The Bertz CT molecular complexity index is 626. The number of aromatic nitrogens is 1. The molecule has 22 heavy (non-hydrogen) atoms. The van der Waals surface area contributed by atoms with Crippen LogP contribution in [0.1, 0.15) is 5.56 Å². The fourth-order valence-electron chi connectivity index (χ4n) is 1.66. The largest absolute Gasteiger partial charge is 0.491 e. The van der Waals surface area contributed by atoms with Gasteiger partial charge in [-0.05, 0) is 29.8 Å². The SMILES string of the molecule is N#CCc1ccc(OCC(O)CSc2ccc(Cl)cn2)cc1. The van der Waals surface area contributed by atoms with E-state index >= 15 is 0 Å². The molecule has 0 saturated heterocycles. The van der Waals surface area contributed by atoms with Crippen LogP contribution in [0.15, 0.2) is 47.6 Å². The van der Waals surface area contributed by atoms with Crippen LogP contribution in [-0.2, 0) is 6.42 Å². The summed E-state index contributed by atoms with van der Waals surface area (Å²) in [5, 5.41) is 19.9. The van der Waals surface area contributed by atoms with E-state index in [2.05, 4.69) is 11.1 Å². The normalized spacial score (nSPS) is 11.7. The average Bonchev–Trinajstić information content (AvgIpc) is 2.54. The highest BCUT2D eigenvalue weighted by Crippen LogP contribution is 2.19. The quantitative estimate of drug-likeness (QED) is 0.787. The summed E-state index contributed by atoms with van der Waals surface area (Å²) < 4.78 is 5.52. The first-order chi connectivity index (χ1) is 10.7. The van der Waals surface area contributed by atoms with Gasteiger partial charge in [-0.25, -0.2) is 4.98 Å². The van der Waals surface area contributed by atoms with E-state index in [-0.39, 0.29) is 6.61 Å². The minimum atomic E-state index is -0.596. The van der Waals surface area contributed by atoms with Crippen molar-refractivity contribution in [2.24, 2.45) is 0 Å². The monoisotopic (exact) mass is 334 g/mol. The Morgan fingerprint density at radius 2 is 2.05 bits per heavy atom. The van der Waals surface area contributed by atoms with Gasteiger partial charge >= 0.3 is 0 Å². The van der Waals surface area contributed by atoms with Crippen molar-refractivity contribution in [3.8, 4) is 11.8 Å². The van der Waals surface area contributed by atoms with Crippen LogP contribution in [0.5, 0.6) is 5.75 Å². The zero-order valence-electron chi connectivity index (χ0n) is 11.8. The summed E-state index contributed by atoms with van der Waals surface area (Å²) in [6, 6.07) is 13.0. The minimum Gasteiger partial charge on any atom is -0.491 e. The van der Waals surface area contributed by atoms with E-state index < -0.39 is 6.10 Å². The van der Waals surface area contributed by atoms with Gasteiger partial charge in [0.2, 0.25) is 0 Å². The molecule has 0 aliphatic rings. The van der Waals surface area contributed by atoms with E-state index in [4.69, 9.17) is 21.6 Å². The highest BCUT2D eigenvalue weighted by molar-refractivity contribution is 7.99. The van der Waals surface area contributed by atoms with E-state index in [1.165, 1.54) is 11.8 Å². The number of hydrogen-bond acceptors (Lipinski definition) is 5. The van der Waals surface area contributed by atoms with Crippen molar-refractivity contribution in [2.75, 3.05) is 12.4 Å². The van der Waals surface area contributed by atoms with Gasteiger partial charge in [0, 0.05) is 11.9 Å². The van der Waals surface area contributed by atoms with Crippen LogP contribution in [0.4, 0.5) is 0 Å². The molecule has 0 aliphatic heterocycles. The zero-order chi connectivity index (χ0) is 15.8. The first-order valence-corrected chi connectivity index (χ1v) is 8.05. The second-order valence-electron chi connectivity index (χ2n) is 4.57. The third-order valence-electron chi connectivity index (χ3n) is 2.77. The molecule has 0 saturated carbocycles. The fourth-order valence-corrected chi connectivity index (χ4v) is 2.53. The standard InChI is InChI=1S/C16H15ClN2O2S/c17-13-3-6-16(19-9-13)22-11-14(20)10-21-15-4-1-12(2-5-15)7-8-18/h1-6,9,14,20H,7,10-11H2. The number of aliphatic hydroxyl groups is 1. The number of nitriles is 1. The van der Waals surface area contributed by atoms with Crippen LogP contribution in [-0.4, -0.2) is 28.6 Å². The molecule has 1 aromatic heterocycles. The molecule has 0 aliphatic carbocycles. The number of aliphatic hydroxyl groups excluding tert-OH is 1. The van der Waals surface area contributed by atoms with Gasteiger partial charge in [-0.15, -0.1) is 11.8 Å². The Labute approximate surface area is 138 Å². The molecule has 0 bridgehead atoms. The van der Waals surface area contributed by atoms with Gasteiger partial charge < -0.3 is 9.84 Å². The summed E-state index contributed by atoms with van der Waals surface area (Å²) in [5.41, 5.74) is 0.944. The van der Waals surface area contributed by atoms with E-state index in [1.54, 1.807) is 24.4 Å². The second kappa shape index (κ2) is 8.64. The van der Waals surface area contributed by atoms with E-state index in [0.29, 0.717) is 22.9 Å². The summed E-state index contributed by atoms with van der Waals surface area (Å²) in [6.45, 7) is 0.207. The van der Waals surface area contributed by atoms with Gasteiger partial charge in [-0.1, -0.05) is 23.7 Å². The Morgan fingerprint density at radius 1 is 1.27 bits per heavy atom. The van der Waals surface area contributed by atoms with Crippen LogP contribution < -0.4 is 4.74 Å². The number of nitrogens with zero attached hydrogens (tertiary/aromatic N) is 2. The molecule has 6 heteroatoms. The molecule has 2 aromatic rings. The van der Waals surface area contributed by atoms with Crippen molar-refractivity contribution < 1.29 is 9.84 Å². The molecule has 2 rings (SSSR count). The van der Waals surface area contributed by atoms with Gasteiger partial charge in [0.15, 0.2) is 0 Å². The number of hydrogen-bond donors (Lipinski definition) is 1. The third kappa shape index (κ3) is 5.57. The van der Waals surface area contributed by atoms with Crippen molar-refractivity contribution in [1.29, 1.82) is 5.26 Å². The maximum absolute atomic E-state index is 9.92. The summed E-state index contributed by atoms with van der Waals surface area (Å²) in [7, 11) is 0. The number of pyridine rings is 1. The van der Waals surface area contributed by atoms with Crippen LogP contribution in [0.3, 0.4) is 0 Å². The Hall–Kier alpha value is -1.74. The summed E-state index contributed by atoms with van der Waals surface area (Å²) >= 11 is 7.21. The number of halogens is 1. The lowest BCUT2D eigenvalue weighted by Gasteiger charge is -2.12. The predicted octanol–water partition coefficient (Wildman–Crippen LogP) is 3.33. The lowest BCUT2D eigenvalue weighted by Crippen LogP contribution is -2.20.